The van der Waals surface area contributed by atoms with Crippen molar-refractivity contribution in [3.63, 3.8) is 0 Å². The van der Waals surface area contributed by atoms with E-state index in [2.05, 4.69) is 0 Å². The average Bonchev–Trinajstić information content (AvgIpc) is 2.81. The number of benzene rings is 2. The molecule has 0 amide bonds. The summed E-state index contributed by atoms with van der Waals surface area (Å²) in [6, 6.07) is 15.0. The Balaban J connectivity index is 1.90. The molecule has 0 fully saturated rings. The number of carboxylic acid groups (broad SMARTS) is 1. The minimum absolute atomic E-state index is 0.190. The Labute approximate surface area is 121 Å². The van der Waals surface area contributed by atoms with E-state index in [4.69, 9.17) is 9.15 Å². The third kappa shape index (κ3) is 2.60. The van der Waals surface area contributed by atoms with Gasteiger partial charge in [-0.2, -0.15) is 0 Å². The van der Waals surface area contributed by atoms with Gasteiger partial charge in [-0.05, 0) is 30.7 Å². The lowest BCUT2D eigenvalue weighted by atomic mass is 10.1. The standard InChI is InChI=1S/C17H14O4/c1-11-16(17(18)19)14-9-13(7-8-15(14)21-11)20-10-12-5-3-2-4-6-12/h2-9H,10H2,1H3,(H,18,19). The second kappa shape index (κ2) is 5.32. The molecular weight excluding hydrogens is 268 g/mol. The summed E-state index contributed by atoms with van der Waals surface area (Å²) in [6.45, 7) is 2.08. The fourth-order valence-corrected chi connectivity index (χ4v) is 2.30. The number of carboxylic acids is 1. The van der Waals surface area contributed by atoms with E-state index in [1.54, 1.807) is 25.1 Å². The number of furan rings is 1. The molecule has 1 heterocycles. The summed E-state index contributed by atoms with van der Waals surface area (Å²) >= 11 is 0. The summed E-state index contributed by atoms with van der Waals surface area (Å²) in [7, 11) is 0. The fourth-order valence-electron chi connectivity index (χ4n) is 2.30. The van der Waals surface area contributed by atoms with Gasteiger partial charge in [0.2, 0.25) is 0 Å². The number of aryl methyl sites for hydroxylation is 1. The highest BCUT2D eigenvalue weighted by Crippen LogP contribution is 2.29. The molecule has 0 saturated heterocycles. The number of hydrogen-bond acceptors (Lipinski definition) is 3. The molecule has 106 valence electrons. The second-order valence-electron chi connectivity index (χ2n) is 4.77. The van der Waals surface area contributed by atoms with Crippen molar-refractivity contribution in [1.82, 2.24) is 0 Å². The zero-order valence-corrected chi connectivity index (χ0v) is 11.5. The van der Waals surface area contributed by atoms with Crippen LogP contribution < -0.4 is 4.74 Å². The monoisotopic (exact) mass is 282 g/mol. The number of rotatable bonds is 4. The number of carbonyl (C=O) groups is 1. The molecule has 0 radical (unpaired) electrons. The van der Waals surface area contributed by atoms with Crippen LogP contribution in [0.25, 0.3) is 11.0 Å². The van der Waals surface area contributed by atoms with E-state index in [0.717, 1.165) is 5.56 Å². The van der Waals surface area contributed by atoms with Gasteiger partial charge in [0, 0.05) is 5.39 Å². The minimum Gasteiger partial charge on any atom is -0.489 e. The van der Waals surface area contributed by atoms with Crippen LogP contribution in [0.15, 0.2) is 52.9 Å². The van der Waals surface area contributed by atoms with E-state index < -0.39 is 5.97 Å². The smallest absolute Gasteiger partial charge is 0.339 e. The number of ether oxygens (including phenoxy) is 1. The van der Waals surface area contributed by atoms with Crippen LogP contribution >= 0.6 is 0 Å². The third-order valence-electron chi connectivity index (χ3n) is 3.30. The molecule has 0 aliphatic rings. The van der Waals surface area contributed by atoms with Gasteiger partial charge in [0.15, 0.2) is 0 Å². The van der Waals surface area contributed by atoms with E-state index in [1.807, 2.05) is 30.3 Å². The molecule has 0 atom stereocenters. The maximum absolute atomic E-state index is 11.3. The van der Waals surface area contributed by atoms with Crippen LogP contribution in [-0.4, -0.2) is 11.1 Å². The third-order valence-corrected chi connectivity index (χ3v) is 3.30. The highest BCUT2D eigenvalue weighted by molar-refractivity contribution is 6.03. The van der Waals surface area contributed by atoms with Crippen molar-refractivity contribution in [2.45, 2.75) is 13.5 Å². The minimum atomic E-state index is -0.994. The first-order chi connectivity index (χ1) is 10.1. The molecular formula is C17H14O4. The average molecular weight is 282 g/mol. The van der Waals surface area contributed by atoms with E-state index in [0.29, 0.717) is 29.1 Å². The van der Waals surface area contributed by atoms with Crippen LogP contribution in [0.3, 0.4) is 0 Å². The predicted octanol–water partition coefficient (Wildman–Crippen LogP) is 4.02. The highest BCUT2D eigenvalue weighted by Gasteiger charge is 2.17. The predicted molar refractivity (Wildman–Crippen MR) is 78.7 cm³/mol. The van der Waals surface area contributed by atoms with Crippen molar-refractivity contribution in [2.75, 3.05) is 0 Å². The lowest BCUT2D eigenvalue weighted by molar-refractivity contribution is 0.0697. The fraction of sp³-hybridized carbons (Fsp3) is 0.118. The first kappa shape index (κ1) is 13.2. The van der Waals surface area contributed by atoms with Gasteiger partial charge < -0.3 is 14.3 Å². The van der Waals surface area contributed by atoms with E-state index in [9.17, 15) is 9.90 Å². The Morgan fingerprint density at radius 1 is 1.19 bits per heavy atom. The van der Waals surface area contributed by atoms with Gasteiger partial charge >= 0.3 is 5.97 Å². The molecule has 0 aliphatic carbocycles. The van der Waals surface area contributed by atoms with Crippen LogP contribution in [0, 0.1) is 6.92 Å². The summed E-state index contributed by atoms with van der Waals surface area (Å²) in [6.07, 6.45) is 0. The normalized spacial score (nSPS) is 10.7. The summed E-state index contributed by atoms with van der Waals surface area (Å²) in [5.74, 6) is 0.0267. The molecule has 4 nitrogen and oxygen atoms in total. The van der Waals surface area contributed by atoms with Crippen LogP contribution in [0.5, 0.6) is 5.75 Å². The van der Waals surface area contributed by atoms with Gasteiger partial charge in [-0.3, -0.25) is 0 Å². The zero-order valence-electron chi connectivity index (χ0n) is 11.5. The van der Waals surface area contributed by atoms with Crippen molar-refractivity contribution in [3.8, 4) is 5.75 Å². The number of aromatic carboxylic acids is 1. The molecule has 0 unspecified atom stereocenters. The van der Waals surface area contributed by atoms with E-state index >= 15 is 0 Å². The molecule has 21 heavy (non-hydrogen) atoms. The Morgan fingerprint density at radius 2 is 1.95 bits per heavy atom. The quantitative estimate of drug-likeness (QED) is 0.785. The largest absolute Gasteiger partial charge is 0.489 e. The maximum atomic E-state index is 11.3. The molecule has 0 saturated carbocycles. The zero-order chi connectivity index (χ0) is 14.8. The van der Waals surface area contributed by atoms with Crippen molar-refractivity contribution in [1.29, 1.82) is 0 Å². The Hall–Kier alpha value is -2.75. The molecule has 2 aromatic carbocycles. The van der Waals surface area contributed by atoms with Crippen LogP contribution in [-0.2, 0) is 6.61 Å². The molecule has 0 aliphatic heterocycles. The van der Waals surface area contributed by atoms with Gasteiger partial charge in [-0.25, -0.2) is 4.79 Å². The molecule has 4 heteroatoms. The Kier molecular flexibility index (Phi) is 3.36. The van der Waals surface area contributed by atoms with E-state index in [1.165, 1.54) is 0 Å². The molecule has 3 aromatic rings. The summed E-state index contributed by atoms with van der Waals surface area (Å²) in [5, 5.41) is 9.81. The van der Waals surface area contributed by atoms with Gasteiger partial charge in [-0.15, -0.1) is 0 Å². The highest BCUT2D eigenvalue weighted by atomic mass is 16.5. The molecule has 1 aromatic heterocycles. The molecule has 3 rings (SSSR count). The Morgan fingerprint density at radius 3 is 2.67 bits per heavy atom. The van der Waals surface area contributed by atoms with Crippen LogP contribution in [0.1, 0.15) is 21.7 Å². The first-order valence-electron chi connectivity index (χ1n) is 6.58. The lowest BCUT2D eigenvalue weighted by Gasteiger charge is -2.06. The Bertz CT molecular complexity index is 787. The van der Waals surface area contributed by atoms with Gasteiger partial charge in [0.1, 0.15) is 29.3 Å². The number of fused-ring (bicyclic) bond motifs is 1. The summed E-state index contributed by atoms with van der Waals surface area (Å²) in [4.78, 5) is 11.3. The molecule has 0 spiro atoms. The SMILES string of the molecule is Cc1oc2ccc(OCc3ccccc3)cc2c1C(=O)O. The van der Waals surface area contributed by atoms with Crippen molar-refractivity contribution in [2.24, 2.45) is 0 Å². The maximum Gasteiger partial charge on any atom is 0.339 e. The van der Waals surface area contributed by atoms with Crippen molar-refractivity contribution < 1.29 is 19.1 Å². The number of hydrogen-bond donors (Lipinski definition) is 1. The van der Waals surface area contributed by atoms with Crippen LogP contribution in [0.4, 0.5) is 0 Å². The van der Waals surface area contributed by atoms with Gasteiger partial charge in [0.05, 0.1) is 0 Å². The van der Waals surface area contributed by atoms with Gasteiger partial charge in [-0.1, -0.05) is 30.3 Å². The van der Waals surface area contributed by atoms with Gasteiger partial charge in [0.25, 0.3) is 0 Å². The molecule has 0 bridgehead atoms. The van der Waals surface area contributed by atoms with Crippen LogP contribution in [0.2, 0.25) is 0 Å². The topological polar surface area (TPSA) is 59.7 Å². The second-order valence-corrected chi connectivity index (χ2v) is 4.77. The van der Waals surface area contributed by atoms with Crippen molar-refractivity contribution >= 4 is 16.9 Å². The summed E-state index contributed by atoms with van der Waals surface area (Å²) < 4.78 is 11.2. The van der Waals surface area contributed by atoms with Crippen molar-refractivity contribution in [3.05, 3.63) is 65.4 Å². The van der Waals surface area contributed by atoms with E-state index in [-0.39, 0.29) is 5.56 Å². The molecule has 1 N–H and O–H groups in total. The first-order valence-corrected chi connectivity index (χ1v) is 6.58. The lowest BCUT2D eigenvalue weighted by Crippen LogP contribution is -1.97. The summed E-state index contributed by atoms with van der Waals surface area (Å²) in [5.41, 5.74) is 1.80.